The SMILES string of the molecule is O=P(O)(Cc1ccc(CP(=O)(O)Oc2cccc(C(c3ccccc3)c3ccccc3)c2)cc1)Oc1cccc(C(c2ccccc2)c2ccccc2)c1. The largest absolute Gasteiger partial charge is 0.424 e. The van der Waals surface area contributed by atoms with Crippen LogP contribution in [0.2, 0.25) is 0 Å². The van der Waals surface area contributed by atoms with Crippen molar-refractivity contribution in [3.63, 3.8) is 0 Å². The molecule has 7 aromatic carbocycles. The Hall–Kier alpha value is -5.48. The second kappa shape index (κ2) is 16.7. The summed E-state index contributed by atoms with van der Waals surface area (Å²) in [6, 6.07) is 61.8. The molecule has 0 aliphatic heterocycles. The molecule has 7 rings (SSSR count). The lowest BCUT2D eigenvalue weighted by atomic mass is 9.85. The predicted molar refractivity (Wildman–Crippen MR) is 215 cm³/mol. The molecule has 0 saturated carbocycles. The summed E-state index contributed by atoms with van der Waals surface area (Å²) in [4.78, 5) is 21.9. The van der Waals surface area contributed by atoms with E-state index in [4.69, 9.17) is 9.05 Å². The molecule has 0 bridgehead atoms. The first-order valence-corrected chi connectivity index (χ1v) is 21.2. The molecular formula is C46H40O6P2. The van der Waals surface area contributed by atoms with Crippen molar-refractivity contribution in [1.29, 1.82) is 0 Å². The maximum Gasteiger partial charge on any atom is 0.380 e. The highest BCUT2D eigenvalue weighted by Crippen LogP contribution is 2.49. The van der Waals surface area contributed by atoms with E-state index in [1.165, 1.54) is 0 Å². The average Bonchev–Trinajstić information content (AvgIpc) is 3.17. The van der Waals surface area contributed by atoms with Crippen molar-refractivity contribution in [3.05, 3.63) is 239 Å². The van der Waals surface area contributed by atoms with Crippen LogP contribution in [0.15, 0.2) is 194 Å². The molecule has 2 N–H and O–H groups in total. The fraction of sp³-hybridized carbons (Fsp3) is 0.0870. The third-order valence-electron chi connectivity index (χ3n) is 9.20. The van der Waals surface area contributed by atoms with Crippen molar-refractivity contribution in [1.82, 2.24) is 0 Å². The molecule has 0 aliphatic rings. The molecule has 0 heterocycles. The fourth-order valence-electron chi connectivity index (χ4n) is 6.84. The highest BCUT2D eigenvalue weighted by atomic mass is 31.2. The Kier molecular flexibility index (Phi) is 11.4. The number of benzene rings is 7. The van der Waals surface area contributed by atoms with E-state index in [0.29, 0.717) is 22.6 Å². The van der Waals surface area contributed by atoms with E-state index in [9.17, 15) is 18.9 Å². The molecule has 8 heteroatoms. The van der Waals surface area contributed by atoms with E-state index in [2.05, 4.69) is 48.5 Å². The zero-order valence-electron chi connectivity index (χ0n) is 29.5. The van der Waals surface area contributed by atoms with Crippen molar-refractivity contribution >= 4 is 15.2 Å². The monoisotopic (exact) mass is 750 g/mol. The van der Waals surface area contributed by atoms with Gasteiger partial charge in [0.15, 0.2) is 0 Å². The smallest absolute Gasteiger partial charge is 0.380 e. The van der Waals surface area contributed by atoms with E-state index in [1.54, 1.807) is 36.4 Å². The van der Waals surface area contributed by atoms with Gasteiger partial charge >= 0.3 is 15.2 Å². The molecule has 2 atom stereocenters. The molecule has 2 unspecified atom stereocenters. The first-order chi connectivity index (χ1) is 26.2. The fourth-order valence-corrected chi connectivity index (χ4v) is 9.20. The van der Waals surface area contributed by atoms with E-state index in [1.807, 2.05) is 109 Å². The minimum absolute atomic E-state index is 0.0857. The van der Waals surface area contributed by atoms with Crippen LogP contribution < -0.4 is 9.05 Å². The standard InChI is InChI=1S/C46H40O6P2/c47-53(48,51-43-25-13-23-41(31-43)45(37-15-5-1-6-16-37)38-17-7-2-8-18-38)33-35-27-29-36(30-28-35)34-54(49,50)52-44-26-14-24-42(32-44)46(39-19-9-3-10-20-39)40-21-11-4-12-22-40/h1-32,45-46H,33-34H2,(H,47,48)(H,49,50). The molecule has 6 nitrogen and oxygen atoms in total. The van der Waals surface area contributed by atoms with Crippen LogP contribution in [-0.4, -0.2) is 9.79 Å². The lowest BCUT2D eigenvalue weighted by Gasteiger charge is -2.21. The highest BCUT2D eigenvalue weighted by Gasteiger charge is 2.26. The van der Waals surface area contributed by atoms with Gasteiger partial charge in [-0.25, -0.2) is 9.13 Å². The minimum Gasteiger partial charge on any atom is -0.424 e. The number of hydrogen-bond acceptors (Lipinski definition) is 4. The van der Waals surface area contributed by atoms with E-state index in [-0.39, 0.29) is 24.2 Å². The van der Waals surface area contributed by atoms with Gasteiger partial charge in [0.25, 0.3) is 0 Å². The Labute approximate surface area is 316 Å². The molecule has 0 amide bonds. The number of hydrogen-bond donors (Lipinski definition) is 2. The quantitative estimate of drug-likeness (QED) is 0.0849. The summed E-state index contributed by atoms with van der Waals surface area (Å²) in [5, 5.41) is 0. The third kappa shape index (κ3) is 9.54. The minimum atomic E-state index is -4.12. The summed E-state index contributed by atoms with van der Waals surface area (Å²) in [5.41, 5.74) is 7.37. The topological polar surface area (TPSA) is 93.1 Å². The van der Waals surface area contributed by atoms with Crippen LogP contribution in [0, 0.1) is 0 Å². The molecule has 7 aromatic rings. The summed E-state index contributed by atoms with van der Waals surface area (Å²) in [6.45, 7) is 0. The molecular weight excluding hydrogens is 710 g/mol. The van der Waals surface area contributed by atoms with Crippen molar-refractivity contribution in [2.24, 2.45) is 0 Å². The first kappa shape index (κ1) is 36.9. The summed E-state index contributed by atoms with van der Waals surface area (Å²) in [7, 11) is -8.24. The summed E-state index contributed by atoms with van der Waals surface area (Å²) in [6.07, 6.45) is -0.468. The maximum absolute atomic E-state index is 13.4. The van der Waals surface area contributed by atoms with Crippen molar-refractivity contribution in [2.75, 3.05) is 0 Å². The Morgan fingerprint density at radius 1 is 0.370 bits per heavy atom. The van der Waals surface area contributed by atoms with Crippen LogP contribution in [0.25, 0.3) is 0 Å². The van der Waals surface area contributed by atoms with Crippen LogP contribution in [0.4, 0.5) is 0 Å². The van der Waals surface area contributed by atoms with Gasteiger partial charge < -0.3 is 18.8 Å². The molecule has 0 aliphatic carbocycles. The van der Waals surface area contributed by atoms with Gasteiger partial charge in [-0.3, -0.25) is 0 Å². The molecule has 0 radical (unpaired) electrons. The molecule has 0 saturated heterocycles. The second-order valence-corrected chi connectivity index (χ2v) is 16.8. The van der Waals surface area contributed by atoms with Crippen LogP contribution in [0.3, 0.4) is 0 Å². The maximum atomic E-state index is 13.4. The zero-order chi connectivity index (χ0) is 37.4. The lowest BCUT2D eigenvalue weighted by molar-refractivity contribution is 0.376. The summed E-state index contributed by atoms with van der Waals surface area (Å²) in [5.74, 6) is 0.427. The van der Waals surface area contributed by atoms with Gasteiger partial charge in [0, 0.05) is 11.8 Å². The molecule has 0 spiro atoms. The van der Waals surface area contributed by atoms with Crippen molar-refractivity contribution in [3.8, 4) is 11.5 Å². The lowest BCUT2D eigenvalue weighted by Crippen LogP contribution is -2.04. The second-order valence-electron chi connectivity index (χ2n) is 13.2. The van der Waals surface area contributed by atoms with Gasteiger partial charge in [-0.1, -0.05) is 170 Å². The summed E-state index contributed by atoms with van der Waals surface area (Å²) >= 11 is 0. The van der Waals surface area contributed by atoms with Gasteiger partial charge in [0.05, 0.1) is 12.3 Å². The van der Waals surface area contributed by atoms with Gasteiger partial charge in [-0.05, 0) is 68.8 Å². The molecule has 54 heavy (non-hydrogen) atoms. The average molecular weight is 751 g/mol. The van der Waals surface area contributed by atoms with Crippen molar-refractivity contribution in [2.45, 2.75) is 24.2 Å². The van der Waals surface area contributed by atoms with Crippen LogP contribution in [-0.2, 0) is 21.5 Å². The van der Waals surface area contributed by atoms with Crippen LogP contribution in [0.1, 0.15) is 56.3 Å². The normalized spacial score (nSPS) is 13.6. The molecule has 0 aromatic heterocycles. The van der Waals surface area contributed by atoms with Crippen molar-refractivity contribution < 1.29 is 28.0 Å². The van der Waals surface area contributed by atoms with E-state index in [0.717, 1.165) is 33.4 Å². The Bertz CT molecular complexity index is 2120. The highest BCUT2D eigenvalue weighted by molar-refractivity contribution is 7.52. The van der Waals surface area contributed by atoms with Gasteiger partial charge in [-0.15, -0.1) is 0 Å². The Balaban J connectivity index is 1.01. The zero-order valence-corrected chi connectivity index (χ0v) is 31.3. The van der Waals surface area contributed by atoms with E-state index < -0.39 is 15.2 Å². The summed E-state index contributed by atoms with van der Waals surface area (Å²) < 4.78 is 38.2. The first-order valence-electron chi connectivity index (χ1n) is 17.7. The van der Waals surface area contributed by atoms with Gasteiger partial charge in [-0.2, -0.15) is 0 Å². The Morgan fingerprint density at radius 3 is 0.944 bits per heavy atom. The predicted octanol–water partition coefficient (Wildman–Crippen LogP) is 11.6. The Morgan fingerprint density at radius 2 is 0.648 bits per heavy atom. The van der Waals surface area contributed by atoms with E-state index >= 15 is 0 Å². The van der Waals surface area contributed by atoms with Gasteiger partial charge in [0.2, 0.25) is 0 Å². The number of rotatable bonds is 14. The molecule has 0 fully saturated rings. The molecule has 270 valence electrons. The van der Waals surface area contributed by atoms with Gasteiger partial charge in [0.1, 0.15) is 11.5 Å². The van der Waals surface area contributed by atoms with Crippen LogP contribution in [0.5, 0.6) is 11.5 Å². The third-order valence-corrected chi connectivity index (χ3v) is 11.7. The van der Waals surface area contributed by atoms with Crippen LogP contribution >= 0.6 is 15.2 Å².